The van der Waals surface area contributed by atoms with Crippen LogP contribution in [0.25, 0.3) is 0 Å². The molecule has 0 spiro atoms. The van der Waals surface area contributed by atoms with Crippen molar-refractivity contribution in [3.05, 3.63) is 0 Å². The van der Waals surface area contributed by atoms with Crippen molar-refractivity contribution in [1.29, 1.82) is 0 Å². The number of piperidine rings is 1. The van der Waals surface area contributed by atoms with Crippen LogP contribution in [0.2, 0.25) is 0 Å². The number of hydrogen-bond donors (Lipinski definition) is 2. The fourth-order valence-electron chi connectivity index (χ4n) is 4.98. The first-order valence-electron chi connectivity index (χ1n) is 7.47. The Bertz CT molecular complexity index is 293. The van der Waals surface area contributed by atoms with E-state index in [4.69, 9.17) is 0 Å². The van der Waals surface area contributed by atoms with Crippen molar-refractivity contribution in [3.8, 4) is 0 Å². The van der Waals surface area contributed by atoms with Crippen LogP contribution in [0.15, 0.2) is 0 Å². The lowest BCUT2D eigenvalue weighted by atomic mass is 9.64. The van der Waals surface area contributed by atoms with Crippen molar-refractivity contribution < 1.29 is 5.11 Å². The van der Waals surface area contributed by atoms with Crippen molar-refractivity contribution >= 4 is 0 Å². The Balaban J connectivity index is 1.81. The second-order valence-electron chi connectivity index (χ2n) is 7.24. The van der Waals surface area contributed by atoms with Crippen LogP contribution in [0.3, 0.4) is 0 Å². The Kier molecular flexibility index (Phi) is 2.79. The summed E-state index contributed by atoms with van der Waals surface area (Å²) in [5.41, 5.74) is -0.344. The largest absolute Gasteiger partial charge is 0.389 e. The van der Waals surface area contributed by atoms with Crippen LogP contribution in [-0.4, -0.2) is 23.8 Å². The molecule has 2 heteroatoms. The van der Waals surface area contributed by atoms with Gasteiger partial charge in [-0.3, -0.25) is 0 Å². The Labute approximate surface area is 105 Å². The molecule has 0 aromatic rings. The molecule has 2 N–H and O–H groups in total. The lowest BCUT2D eigenvalue weighted by Gasteiger charge is -2.46. The molecular formula is C15H27NO. The average molecular weight is 237 g/mol. The van der Waals surface area contributed by atoms with E-state index in [9.17, 15) is 5.11 Å². The van der Waals surface area contributed by atoms with Crippen molar-refractivity contribution in [2.75, 3.05) is 13.1 Å². The third-order valence-electron chi connectivity index (χ3n) is 5.76. The van der Waals surface area contributed by atoms with Crippen LogP contribution in [-0.2, 0) is 0 Å². The van der Waals surface area contributed by atoms with E-state index in [0.717, 1.165) is 31.3 Å². The number of aliphatic hydroxyl groups is 1. The molecule has 0 aromatic heterocycles. The summed E-state index contributed by atoms with van der Waals surface area (Å²) >= 11 is 0. The predicted octanol–water partition coefficient (Wildman–Crippen LogP) is 2.28. The third-order valence-corrected chi connectivity index (χ3v) is 5.76. The van der Waals surface area contributed by atoms with E-state index >= 15 is 0 Å². The van der Waals surface area contributed by atoms with Gasteiger partial charge in [0.2, 0.25) is 0 Å². The van der Waals surface area contributed by atoms with Crippen LogP contribution in [0.5, 0.6) is 0 Å². The second-order valence-corrected chi connectivity index (χ2v) is 7.24. The lowest BCUT2D eigenvalue weighted by molar-refractivity contribution is -0.104. The van der Waals surface area contributed by atoms with Gasteiger partial charge in [0.25, 0.3) is 0 Å². The van der Waals surface area contributed by atoms with Gasteiger partial charge in [0, 0.05) is 0 Å². The van der Waals surface area contributed by atoms with E-state index in [0.29, 0.717) is 23.7 Å². The Morgan fingerprint density at radius 3 is 2.41 bits per heavy atom. The molecule has 0 amide bonds. The molecule has 0 aromatic carbocycles. The summed E-state index contributed by atoms with van der Waals surface area (Å²) < 4.78 is 0. The van der Waals surface area contributed by atoms with E-state index in [2.05, 4.69) is 26.1 Å². The molecule has 17 heavy (non-hydrogen) atoms. The topological polar surface area (TPSA) is 32.3 Å². The Hall–Kier alpha value is -0.0800. The molecule has 3 rings (SSSR count). The second kappa shape index (κ2) is 3.96. The predicted molar refractivity (Wildman–Crippen MR) is 69.6 cm³/mol. The van der Waals surface area contributed by atoms with Gasteiger partial charge in [-0.05, 0) is 61.4 Å². The van der Waals surface area contributed by atoms with Gasteiger partial charge in [-0.15, -0.1) is 0 Å². The SMILES string of the molecule is CC(C)[C@H]1CC[C@@H](C)C[C@@]1(O)C1[C@H]2CNC[C@H]12. The standard InChI is InChI=1S/C15H27NO/c1-9(2)13-5-4-10(3)6-15(13,17)14-11-7-16-8-12(11)14/h9-14,16-17H,4-8H2,1-3H3/t10-,11+,12+,13-,15+/m1/s1. The van der Waals surface area contributed by atoms with Crippen molar-refractivity contribution in [3.63, 3.8) is 0 Å². The molecule has 0 radical (unpaired) electrons. The highest BCUT2D eigenvalue weighted by Crippen LogP contribution is 2.61. The lowest BCUT2D eigenvalue weighted by Crippen LogP contribution is -2.49. The molecule has 1 aliphatic heterocycles. The highest BCUT2D eigenvalue weighted by molar-refractivity contribution is 5.15. The van der Waals surface area contributed by atoms with Gasteiger partial charge in [0.05, 0.1) is 5.60 Å². The molecule has 3 fully saturated rings. The number of fused-ring (bicyclic) bond motifs is 1. The zero-order valence-corrected chi connectivity index (χ0v) is 11.4. The first-order valence-corrected chi connectivity index (χ1v) is 7.47. The highest BCUT2D eigenvalue weighted by atomic mass is 16.3. The minimum atomic E-state index is -0.344. The fraction of sp³-hybridized carbons (Fsp3) is 1.00. The number of rotatable bonds is 2. The summed E-state index contributed by atoms with van der Waals surface area (Å²) in [5.74, 6) is 4.05. The van der Waals surface area contributed by atoms with E-state index in [1.807, 2.05) is 0 Å². The van der Waals surface area contributed by atoms with Gasteiger partial charge < -0.3 is 10.4 Å². The van der Waals surface area contributed by atoms with Crippen LogP contribution in [0.1, 0.15) is 40.0 Å². The third kappa shape index (κ3) is 1.76. The molecule has 0 bridgehead atoms. The van der Waals surface area contributed by atoms with Gasteiger partial charge in [-0.2, -0.15) is 0 Å². The molecule has 2 nitrogen and oxygen atoms in total. The van der Waals surface area contributed by atoms with Crippen LogP contribution in [0.4, 0.5) is 0 Å². The maximum absolute atomic E-state index is 11.3. The molecule has 0 unspecified atom stereocenters. The summed E-state index contributed by atoms with van der Waals surface area (Å²) in [7, 11) is 0. The number of hydrogen-bond acceptors (Lipinski definition) is 2. The van der Waals surface area contributed by atoms with E-state index in [1.165, 1.54) is 12.8 Å². The van der Waals surface area contributed by atoms with Crippen LogP contribution < -0.4 is 5.32 Å². The van der Waals surface area contributed by atoms with Gasteiger partial charge in [0.1, 0.15) is 0 Å². The Morgan fingerprint density at radius 1 is 1.18 bits per heavy atom. The maximum atomic E-state index is 11.3. The normalized spacial score (nSPS) is 53.8. The minimum absolute atomic E-state index is 0.344. The quantitative estimate of drug-likeness (QED) is 0.772. The zero-order valence-electron chi connectivity index (χ0n) is 11.4. The molecule has 2 aliphatic carbocycles. The monoisotopic (exact) mass is 237 g/mol. The average Bonchev–Trinajstić information content (AvgIpc) is 2.75. The molecular weight excluding hydrogens is 210 g/mol. The molecule has 2 saturated carbocycles. The Morgan fingerprint density at radius 2 is 1.82 bits per heavy atom. The first kappa shape index (κ1) is 12.0. The van der Waals surface area contributed by atoms with Crippen molar-refractivity contribution in [2.45, 2.75) is 45.6 Å². The first-order chi connectivity index (χ1) is 8.04. The maximum Gasteiger partial charge on any atom is 0.0715 e. The van der Waals surface area contributed by atoms with Gasteiger partial charge >= 0.3 is 0 Å². The van der Waals surface area contributed by atoms with E-state index in [1.54, 1.807) is 0 Å². The van der Waals surface area contributed by atoms with Gasteiger partial charge in [-0.25, -0.2) is 0 Å². The molecule has 5 atom stereocenters. The number of nitrogens with one attached hydrogen (secondary N) is 1. The van der Waals surface area contributed by atoms with Crippen molar-refractivity contribution in [2.24, 2.45) is 35.5 Å². The van der Waals surface area contributed by atoms with E-state index < -0.39 is 0 Å². The van der Waals surface area contributed by atoms with Crippen molar-refractivity contribution in [1.82, 2.24) is 5.32 Å². The van der Waals surface area contributed by atoms with Gasteiger partial charge in [-0.1, -0.05) is 27.2 Å². The van der Waals surface area contributed by atoms with Crippen LogP contribution in [0, 0.1) is 35.5 Å². The van der Waals surface area contributed by atoms with E-state index in [-0.39, 0.29) is 5.60 Å². The highest BCUT2D eigenvalue weighted by Gasteiger charge is 2.64. The zero-order chi connectivity index (χ0) is 12.2. The summed E-state index contributed by atoms with van der Waals surface area (Å²) in [5, 5.41) is 14.7. The fourth-order valence-corrected chi connectivity index (χ4v) is 4.98. The van der Waals surface area contributed by atoms with Crippen LogP contribution >= 0.6 is 0 Å². The summed E-state index contributed by atoms with van der Waals surface area (Å²) in [6.07, 6.45) is 3.59. The molecule has 98 valence electrons. The summed E-state index contributed by atoms with van der Waals surface area (Å²) in [6, 6.07) is 0. The smallest absolute Gasteiger partial charge is 0.0715 e. The molecule has 1 saturated heterocycles. The summed E-state index contributed by atoms with van der Waals surface area (Å²) in [6.45, 7) is 9.20. The van der Waals surface area contributed by atoms with Gasteiger partial charge in [0.15, 0.2) is 0 Å². The molecule has 1 heterocycles. The molecule has 3 aliphatic rings. The summed E-state index contributed by atoms with van der Waals surface area (Å²) in [4.78, 5) is 0. The minimum Gasteiger partial charge on any atom is -0.389 e.